The Hall–Kier alpha value is -3.35. The van der Waals surface area contributed by atoms with Gasteiger partial charge in [0.15, 0.2) is 0 Å². The van der Waals surface area contributed by atoms with Crippen LogP contribution in [0.4, 0.5) is 16.3 Å². The van der Waals surface area contributed by atoms with E-state index in [9.17, 15) is 4.79 Å². The SMILES string of the molecule is Cc1ccc(NC(=O)NCCNc2cc(-n3cccc3)ncn2)cc1C. The van der Waals surface area contributed by atoms with Crippen LogP contribution in [0.2, 0.25) is 0 Å². The van der Waals surface area contributed by atoms with Crippen LogP contribution < -0.4 is 16.0 Å². The Morgan fingerprint density at radius 1 is 1.04 bits per heavy atom. The van der Waals surface area contributed by atoms with Crippen molar-refractivity contribution in [2.45, 2.75) is 13.8 Å². The molecule has 2 heterocycles. The summed E-state index contributed by atoms with van der Waals surface area (Å²) in [6.07, 6.45) is 5.35. The summed E-state index contributed by atoms with van der Waals surface area (Å²) in [6, 6.07) is 11.3. The molecular weight excluding hydrogens is 328 g/mol. The van der Waals surface area contributed by atoms with E-state index in [1.807, 2.05) is 67.2 Å². The molecule has 0 spiro atoms. The lowest BCUT2D eigenvalue weighted by Gasteiger charge is -2.10. The molecule has 0 radical (unpaired) electrons. The predicted octanol–water partition coefficient (Wildman–Crippen LogP) is 3.12. The van der Waals surface area contributed by atoms with Crippen molar-refractivity contribution in [2.75, 3.05) is 23.7 Å². The van der Waals surface area contributed by atoms with E-state index in [-0.39, 0.29) is 6.03 Å². The molecule has 3 aromatic rings. The van der Waals surface area contributed by atoms with Gasteiger partial charge in [-0.15, -0.1) is 0 Å². The summed E-state index contributed by atoms with van der Waals surface area (Å²) < 4.78 is 1.90. The number of hydrogen-bond acceptors (Lipinski definition) is 4. The second-order valence-corrected chi connectivity index (χ2v) is 5.96. The van der Waals surface area contributed by atoms with Crippen LogP contribution in [0.3, 0.4) is 0 Å². The molecule has 0 saturated carbocycles. The highest BCUT2D eigenvalue weighted by Gasteiger charge is 2.03. The summed E-state index contributed by atoms with van der Waals surface area (Å²) in [4.78, 5) is 20.4. The number of benzene rings is 1. The number of amides is 2. The van der Waals surface area contributed by atoms with E-state index in [1.165, 1.54) is 11.9 Å². The molecule has 0 aliphatic heterocycles. The molecule has 3 N–H and O–H groups in total. The predicted molar refractivity (Wildman–Crippen MR) is 103 cm³/mol. The molecule has 7 heteroatoms. The van der Waals surface area contributed by atoms with Gasteiger partial charge in [0.1, 0.15) is 18.0 Å². The lowest BCUT2D eigenvalue weighted by Crippen LogP contribution is -2.32. The van der Waals surface area contributed by atoms with Gasteiger partial charge in [-0.25, -0.2) is 14.8 Å². The van der Waals surface area contributed by atoms with Gasteiger partial charge in [-0.3, -0.25) is 0 Å². The molecule has 0 saturated heterocycles. The zero-order chi connectivity index (χ0) is 18.4. The van der Waals surface area contributed by atoms with Gasteiger partial charge >= 0.3 is 6.03 Å². The molecule has 1 aromatic carbocycles. The minimum Gasteiger partial charge on any atom is -0.368 e. The Morgan fingerprint density at radius 2 is 1.85 bits per heavy atom. The summed E-state index contributed by atoms with van der Waals surface area (Å²) in [7, 11) is 0. The second-order valence-electron chi connectivity index (χ2n) is 5.96. The number of carbonyl (C=O) groups is 1. The summed E-state index contributed by atoms with van der Waals surface area (Å²) >= 11 is 0. The normalized spacial score (nSPS) is 10.4. The van der Waals surface area contributed by atoms with E-state index in [2.05, 4.69) is 25.9 Å². The van der Waals surface area contributed by atoms with Crippen LogP contribution in [-0.4, -0.2) is 33.7 Å². The lowest BCUT2D eigenvalue weighted by molar-refractivity contribution is 0.252. The molecule has 0 aliphatic rings. The maximum Gasteiger partial charge on any atom is 0.319 e. The Bertz CT molecular complexity index is 875. The van der Waals surface area contributed by atoms with Crippen molar-refractivity contribution in [3.8, 4) is 5.82 Å². The number of hydrogen-bond donors (Lipinski definition) is 3. The fourth-order valence-electron chi connectivity index (χ4n) is 2.43. The minimum atomic E-state index is -0.231. The van der Waals surface area contributed by atoms with Crippen LogP contribution in [0.15, 0.2) is 55.1 Å². The average molecular weight is 350 g/mol. The Kier molecular flexibility index (Phi) is 5.48. The molecule has 0 unspecified atom stereocenters. The Morgan fingerprint density at radius 3 is 2.62 bits per heavy atom. The van der Waals surface area contributed by atoms with Crippen LogP contribution in [0.25, 0.3) is 5.82 Å². The fourth-order valence-corrected chi connectivity index (χ4v) is 2.43. The first-order chi connectivity index (χ1) is 12.6. The largest absolute Gasteiger partial charge is 0.368 e. The first-order valence-corrected chi connectivity index (χ1v) is 8.43. The molecule has 0 bridgehead atoms. The van der Waals surface area contributed by atoms with Gasteiger partial charge in [-0.1, -0.05) is 6.07 Å². The van der Waals surface area contributed by atoms with Crippen LogP contribution in [0.1, 0.15) is 11.1 Å². The first-order valence-electron chi connectivity index (χ1n) is 8.43. The number of nitrogens with zero attached hydrogens (tertiary/aromatic N) is 3. The van der Waals surface area contributed by atoms with Crippen molar-refractivity contribution in [1.29, 1.82) is 0 Å². The number of carbonyl (C=O) groups excluding carboxylic acids is 1. The van der Waals surface area contributed by atoms with Gasteiger partial charge in [-0.2, -0.15) is 0 Å². The van der Waals surface area contributed by atoms with Crippen molar-refractivity contribution < 1.29 is 4.79 Å². The Labute approximate surface area is 152 Å². The summed E-state index contributed by atoms with van der Waals surface area (Å²) in [6.45, 7) is 5.09. The van der Waals surface area contributed by atoms with E-state index in [1.54, 1.807) is 0 Å². The smallest absolute Gasteiger partial charge is 0.319 e. The number of anilines is 2. The maximum absolute atomic E-state index is 12.0. The number of urea groups is 1. The fraction of sp³-hybridized carbons (Fsp3) is 0.211. The molecule has 3 rings (SSSR count). The summed E-state index contributed by atoms with van der Waals surface area (Å²) in [5, 5.41) is 8.82. The van der Waals surface area contributed by atoms with E-state index < -0.39 is 0 Å². The van der Waals surface area contributed by atoms with Crippen molar-refractivity contribution in [2.24, 2.45) is 0 Å². The van der Waals surface area contributed by atoms with Crippen molar-refractivity contribution in [1.82, 2.24) is 19.9 Å². The summed E-state index contributed by atoms with van der Waals surface area (Å²) in [5.74, 6) is 1.49. The third-order valence-electron chi connectivity index (χ3n) is 4.00. The molecule has 7 nitrogen and oxygen atoms in total. The quantitative estimate of drug-likeness (QED) is 0.597. The molecular formula is C19H22N6O. The van der Waals surface area contributed by atoms with E-state index in [0.29, 0.717) is 18.9 Å². The molecule has 0 aliphatic carbocycles. The van der Waals surface area contributed by atoms with Gasteiger partial charge in [0.05, 0.1) is 0 Å². The molecule has 0 atom stereocenters. The van der Waals surface area contributed by atoms with Crippen LogP contribution in [0, 0.1) is 13.8 Å². The number of rotatable bonds is 6. The van der Waals surface area contributed by atoms with Gasteiger partial charge in [-0.05, 0) is 49.2 Å². The third kappa shape index (κ3) is 4.60. The van der Waals surface area contributed by atoms with Crippen molar-refractivity contribution in [3.05, 3.63) is 66.2 Å². The lowest BCUT2D eigenvalue weighted by atomic mass is 10.1. The van der Waals surface area contributed by atoms with E-state index >= 15 is 0 Å². The monoisotopic (exact) mass is 350 g/mol. The minimum absolute atomic E-state index is 0.231. The van der Waals surface area contributed by atoms with Gasteiger partial charge in [0.2, 0.25) is 0 Å². The van der Waals surface area contributed by atoms with Gasteiger partial charge < -0.3 is 20.5 Å². The van der Waals surface area contributed by atoms with Crippen LogP contribution >= 0.6 is 0 Å². The summed E-state index contributed by atoms with van der Waals surface area (Å²) in [5.41, 5.74) is 3.13. The number of nitrogens with one attached hydrogen (secondary N) is 3. The van der Waals surface area contributed by atoms with Crippen LogP contribution in [-0.2, 0) is 0 Å². The van der Waals surface area contributed by atoms with Crippen LogP contribution in [0.5, 0.6) is 0 Å². The van der Waals surface area contributed by atoms with Gasteiger partial charge in [0, 0.05) is 37.2 Å². The second kappa shape index (κ2) is 8.15. The highest BCUT2D eigenvalue weighted by atomic mass is 16.2. The van der Waals surface area contributed by atoms with Gasteiger partial charge in [0.25, 0.3) is 0 Å². The highest BCUT2D eigenvalue weighted by molar-refractivity contribution is 5.89. The average Bonchev–Trinajstić information content (AvgIpc) is 3.17. The maximum atomic E-state index is 12.0. The number of aromatic nitrogens is 3. The molecule has 26 heavy (non-hydrogen) atoms. The Balaban J connectivity index is 1.44. The molecule has 2 amide bonds. The molecule has 134 valence electrons. The zero-order valence-electron chi connectivity index (χ0n) is 14.9. The topological polar surface area (TPSA) is 83.9 Å². The highest BCUT2D eigenvalue weighted by Crippen LogP contribution is 2.13. The molecule has 2 aromatic heterocycles. The van der Waals surface area contributed by atoms with Crippen molar-refractivity contribution >= 4 is 17.5 Å². The first kappa shape index (κ1) is 17.5. The van der Waals surface area contributed by atoms with Crippen molar-refractivity contribution in [3.63, 3.8) is 0 Å². The van der Waals surface area contributed by atoms with E-state index in [4.69, 9.17) is 0 Å². The molecule has 0 fully saturated rings. The third-order valence-corrected chi connectivity index (χ3v) is 4.00. The standard InChI is InChI=1S/C19H22N6O/c1-14-5-6-16(11-15(14)2)24-19(26)21-8-7-20-17-12-18(23-13-22-17)25-9-3-4-10-25/h3-6,9-13H,7-8H2,1-2H3,(H,20,22,23)(H2,21,24,26). The van der Waals surface area contributed by atoms with E-state index in [0.717, 1.165) is 17.1 Å². The zero-order valence-corrected chi connectivity index (χ0v) is 14.9. The number of aryl methyl sites for hydroxylation is 2.